The lowest BCUT2D eigenvalue weighted by molar-refractivity contribution is -0.136. The van der Waals surface area contributed by atoms with Crippen LogP contribution >= 0.6 is 0 Å². The first-order valence-electron chi connectivity index (χ1n) is 6.03. The van der Waals surface area contributed by atoms with Crippen molar-refractivity contribution in [2.24, 2.45) is 11.8 Å². The number of amides is 2. The van der Waals surface area contributed by atoms with Gasteiger partial charge < -0.3 is 5.11 Å². The van der Waals surface area contributed by atoms with Crippen LogP contribution in [0.3, 0.4) is 0 Å². The van der Waals surface area contributed by atoms with Crippen LogP contribution in [0, 0.1) is 11.8 Å². The smallest absolute Gasteiger partial charge is 0.333 e. The Morgan fingerprint density at radius 1 is 1.50 bits per heavy atom. The summed E-state index contributed by atoms with van der Waals surface area (Å²) in [5, 5.41) is 8.93. The van der Waals surface area contributed by atoms with Crippen LogP contribution < -0.4 is 0 Å². The summed E-state index contributed by atoms with van der Waals surface area (Å²) >= 11 is 0. The monoisotopic (exact) mass is 249 g/mol. The molecule has 0 aromatic heterocycles. The van der Waals surface area contributed by atoms with Crippen LogP contribution in [0.2, 0.25) is 0 Å². The van der Waals surface area contributed by atoms with E-state index in [-0.39, 0.29) is 29.7 Å². The van der Waals surface area contributed by atoms with Gasteiger partial charge in [0.1, 0.15) is 0 Å². The largest absolute Gasteiger partial charge is 0.478 e. The maximum atomic E-state index is 12.1. The molecule has 1 saturated heterocycles. The van der Waals surface area contributed by atoms with E-state index in [0.29, 0.717) is 6.42 Å². The van der Waals surface area contributed by atoms with E-state index in [1.165, 1.54) is 6.20 Å². The SMILES string of the molecule is CCC(=CN1C(=O)C2C=CCCC2C1=O)C(=O)O. The number of carboxylic acid groups (broad SMARTS) is 1. The fourth-order valence-electron chi connectivity index (χ4n) is 2.39. The third-order valence-electron chi connectivity index (χ3n) is 3.44. The Labute approximate surface area is 105 Å². The van der Waals surface area contributed by atoms with Crippen molar-refractivity contribution in [1.29, 1.82) is 0 Å². The highest BCUT2D eigenvalue weighted by atomic mass is 16.4. The van der Waals surface area contributed by atoms with Crippen molar-refractivity contribution in [1.82, 2.24) is 4.90 Å². The van der Waals surface area contributed by atoms with Crippen LogP contribution in [0.1, 0.15) is 26.2 Å². The molecule has 1 heterocycles. The van der Waals surface area contributed by atoms with E-state index in [4.69, 9.17) is 5.11 Å². The molecule has 2 atom stereocenters. The average molecular weight is 249 g/mol. The molecular formula is C13H15NO4. The van der Waals surface area contributed by atoms with Gasteiger partial charge in [-0.1, -0.05) is 19.1 Å². The summed E-state index contributed by atoms with van der Waals surface area (Å²) < 4.78 is 0. The van der Waals surface area contributed by atoms with Gasteiger partial charge in [-0.15, -0.1) is 0 Å². The quantitative estimate of drug-likeness (QED) is 0.465. The second-order valence-electron chi connectivity index (χ2n) is 4.50. The number of rotatable bonds is 3. The molecule has 0 aromatic rings. The normalized spacial score (nSPS) is 27.6. The van der Waals surface area contributed by atoms with E-state index >= 15 is 0 Å². The van der Waals surface area contributed by atoms with Crippen LogP contribution in [-0.4, -0.2) is 27.8 Å². The molecule has 5 nitrogen and oxygen atoms in total. The number of allylic oxidation sites excluding steroid dienone is 1. The summed E-state index contributed by atoms with van der Waals surface area (Å²) in [7, 11) is 0. The zero-order valence-electron chi connectivity index (χ0n) is 10.1. The van der Waals surface area contributed by atoms with Crippen molar-refractivity contribution in [3.63, 3.8) is 0 Å². The molecule has 2 amide bonds. The molecule has 18 heavy (non-hydrogen) atoms. The first kappa shape index (κ1) is 12.5. The summed E-state index contributed by atoms with van der Waals surface area (Å²) in [6.45, 7) is 1.68. The van der Waals surface area contributed by atoms with Gasteiger partial charge in [-0.2, -0.15) is 0 Å². The Balaban J connectivity index is 2.30. The lowest BCUT2D eigenvalue weighted by Crippen LogP contribution is -2.26. The van der Waals surface area contributed by atoms with Crippen LogP contribution in [0.25, 0.3) is 0 Å². The Bertz CT molecular complexity index is 464. The van der Waals surface area contributed by atoms with Gasteiger partial charge >= 0.3 is 5.97 Å². The predicted molar refractivity (Wildman–Crippen MR) is 63.2 cm³/mol. The molecule has 2 rings (SSSR count). The molecule has 0 aromatic carbocycles. The van der Waals surface area contributed by atoms with Gasteiger partial charge in [0.15, 0.2) is 0 Å². The fourth-order valence-corrected chi connectivity index (χ4v) is 2.39. The van der Waals surface area contributed by atoms with Crippen LogP contribution in [0.15, 0.2) is 23.9 Å². The molecule has 1 aliphatic heterocycles. The topological polar surface area (TPSA) is 74.7 Å². The zero-order valence-corrected chi connectivity index (χ0v) is 10.1. The third-order valence-corrected chi connectivity index (χ3v) is 3.44. The van der Waals surface area contributed by atoms with Crippen LogP contribution in [0.4, 0.5) is 0 Å². The molecule has 1 fully saturated rings. The van der Waals surface area contributed by atoms with E-state index in [2.05, 4.69) is 0 Å². The maximum Gasteiger partial charge on any atom is 0.333 e. The van der Waals surface area contributed by atoms with Gasteiger partial charge in [0.05, 0.1) is 17.4 Å². The van der Waals surface area contributed by atoms with Crippen molar-refractivity contribution in [3.8, 4) is 0 Å². The molecule has 0 radical (unpaired) electrons. The van der Waals surface area contributed by atoms with Crippen molar-refractivity contribution in [2.45, 2.75) is 26.2 Å². The van der Waals surface area contributed by atoms with Crippen LogP contribution in [-0.2, 0) is 14.4 Å². The van der Waals surface area contributed by atoms with Gasteiger partial charge in [-0.05, 0) is 19.3 Å². The molecule has 0 bridgehead atoms. The van der Waals surface area contributed by atoms with E-state index < -0.39 is 11.9 Å². The lowest BCUT2D eigenvalue weighted by Gasteiger charge is -2.14. The van der Waals surface area contributed by atoms with Crippen molar-refractivity contribution in [2.75, 3.05) is 0 Å². The van der Waals surface area contributed by atoms with Crippen molar-refractivity contribution < 1.29 is 19.5 Å². The van der Waals surface area contributed by atoms with Gasteiger partial charge in [0.25, 0.3) is 0 Å². The summed E-state index contributed by atoms with van der Waals surface area (Å²) in [5.41, 5.74) is 0.0688. The average Bonchev–Trinajstić information content (AvgIpc) is 2.60. The highest BCUT2D eigenvalue weighted by Crippen LogP contribution is 2.34. The van der Waals surface area contributed by atoms with Gasteiger partial charge in [0.2, 0.25) is 11.8 Å². The summed E-state index contributed by atoms with van der Waals surface area (Å²) in [6.07, 6.45) is 6.56. The fraction of sp³-hybridized carbons (Fsp3) is 0.462. The van der Waals surface area contributed by atoms with Gasteiger partial charge in [-0.25, -0.2) is 4.79 Å². The molecule has 5 heteroatoms. The molecule has 2 aliphatic rings. The molecule has 0 saturated carbocycles. The number of carbonyl (C=O) groups is 3. The molecule has 96 valence electrons. The second kappa shape index (κ2) is 4.76. The Morgan fingerprint density at radius 2 is 2.22 bits per heavy atom. The molecule has 1 aliphatic carbocycles. The highest BCUT2D eigenvalue weighted by molar-refractivity contribution is 6.07. The second-order valence-corrected chi connectivity index (χ2v) is 4.50. The zero-order chi connectivity index (χ0) is 13.3. The number of nitrogens with zero attached hydrogens (tertiary/aromatic N) is 1. The van der Waals surface area contributed by atoms with Crippen LogP contribution in [0.5, 0.6) is 0 Å². The number of fused-ring (bicyclic) bond motifs is 1. The summed E-state index contributed by atoms with van der Waals surface area (Å²) in [4.78, 5) is 36.0. The van der Waals surface area contributed by atoms with Gasteiger partial charge in [0, 0.05) is 6.20 Å². The molecule has 0 spiro atoms. The minimum Gasteiger partial charge on any atom is -0.478 e. The van der Waals surface area contributed by atoms with Gasteiger partial charge in [-0.3, -0.25) is 14.5 Å². The molecular weight excluding hydrogens is 234 g/mol. The minimum absolute atomic E-state index is 0.0688. The number of carboxylic acids is 1. The number of hydrogen-bond acceptors (Lipinski definition) is 3. The Morgan fingerprint density at radius 3 is 2.78 bits per heavy atom. The molecule has 2 unspecified atom stereocenters. The standard InChI is InChI=1S/C13H15NO4/c1-2-8(13(17)18)7-14-11(15)9-5-3-4-6-10(9)12(14)16/h3,5,7,9-10H,2,4,6H2,1H3,(H,17,18). The highest BCUT2D eigenvalue weighted by Gasteiger charge is 2.46. The first-order chi connectivity index (χ1) is 8.56. The minimum atomic E-state index is -1.09. The predicted octanol–water partition coefficient (Wildman–Crippen LogP) is 1.32. The number of aliphatic carboxylic acids is 1. The third kappa shape index (κ3) is 1.96. The summed E-state index contributed by atoms with van der Waals surface area (Å²) in [5.74, 6) is -2.40. The molecule has 1 N–H and O–H groups in total. The number of carbonyl (C=O) groups excluding carboxylic acids is 2. The number of likely N-dealkylation sites (tertiary alicyclic amines) is 1. The van der Waals surface area contributed by atoms with Crippen molar-refractivity contribution in [3.05, 3.63) is 23.9 Å². The number of hydrogen-bond donors (Lipinski definition) is 1. The number of imide groups is 1. The van der Waals surface area contributed by atoms with E-state index in [0.717, 1.165) is 11.3 Å². The maximum absolute atomic E-state index is 12.1. The van der Waals surface area contributed by atoms with Crippen molar-refractivity contribution >= 4 is 17.8 Å². The first-order valence-corrected chi connectivity index (χ1v) is 6.03. The Kier molecular flexibility index (Phi) is 3.32. The Hall–Kier alpha value is -1.91. The van der Waals surface area contributed by atoms with E-state index in [1.807, 2.05) is 6.08 Å². The summed E-state index contributed by atoms with van der Waals surface area (Å²) in [6, 6.07) is 0. The van der Waals surface area contributed by atoms with E-state index in [9.17, 15) is 14.4 Å². The van der Waals surface area contributed by atoms with E-state index in [1.54, 1.807) is 13.0 Å². The lowest BCUT2D eigenvalue weighted by atomic mass is 9.86.